The first-order chi connectivity index (χ1) is 13.7. The first-order valence-corrected chi connectivity index (χ1v) is 9.45. The molecule has 1 aromatic heterocycles. The highest BCUT2D eigenvalue weighted by molar-refractivity contribution is 6.05. The Morgan fingerprint density at radius 1 is 1.10 bits per heavy atom. The van der Waals surface area contributed by atoms with E-state index in [1.165, 1.54) is 13.8 Å². The van der Waals surface area contributed by atoms with Crippen LogP contribution in [-0.2, 0) is 20.7 Å². The first kappa shape index (κ1) is 22.1. The molecule has 1 amide bonds. The summed E-state index contributed by atoms with van der Waals surface area (Å²) in [7, 11) is 0. The number of rotatable bonds is 9. The maximum absolute atomic E-state index is 12.6. The van der Waals surface area contributed by atoms with Crippen LogP contribution in [0.25, 0.3) is 0 Å². The molecule has 154 valence electrons. The molecule has 0 aliphatic rings. The van der Waals surface area contributed by atoms with Gasteiger partial charge in [-0.25, -0.2) is 0 Å². The highest BCUT2D eigenvalue weighted by Gasteiger charge is 2.25. The zero-order chi connectivity index (χ0) is 21.6. The second-order valence-electron chi connectivity index (χ2n) is 6.94. The molecule has 2 aromatic rings. The Hall–Kier alpha value is -3.22. The van der Waals surface area contributed by atoms with Crippen molar-refractivity contribution in [2.75, 3.05) is 6.54 Å². The molecule has 0 saturated heterocycles. The number of nitrogens with one attached hydrogen (secondary N) is 2. The number of hydrogen-bond donors (Lipinski definition) is 2. The summed E-state index contributed by atoms with van der Waals surface area (Å²) in [5, 5.41) is 2.66. The van der Waals surface area contributed by atoms with Crippen molar-refractivity contribution in [2.24, 2.45) is 0 Å². The molecule has 2 N–H and O–H groups in total. The van der Waals surface area contributed by atoms with Crippen LogP contribution >= 0.6 is 0 Å². The van der Waals surface area contributed by atoms with Crippen LogP contribution in [0.5, 0.6) is 0 Å². The maximum Gasteiger partial charge on any atom is 0.308 e. The second kappa shape index (κ2) is 9.82. The maximum atomic E-state index is 12.6. The fourth-order valence-electron chi connectivity index (χ4n) is 3.19. The van der Waals surface area contributed by atoms with Gasteiger partial charge in [-0.2, -0.15) is 0 Å². The Bertz CT molecular complexity index is 915. The minimum atomic E-state index is -1.00. The molecular weight excluding hydrogens is 372 g/mol. The van der Waals surface area contributed by atoms with Gasteiger partial charge in [0.1, 0.15) is 0 Å². The van der Waals surface area contributed by atoms with Crippen LogP contribution in [0.15, 0.2) is 30.3 Å². The molecule has 0 spiro atoms. The fourth-order valence-corrected chi connectivity index (χ4v) is 3.19. The third-order valence-electron chi connectivity index (χ3n) is 4.57. The van der Waals surface area contributed by atoms with Crippen LogP contribution in [0.3, 0.4) is 0 Å². The van der Waals surface area contributed by atoms with Crippen molar-refractivity contribution in [1.29, 1.82) is 0 Å². The minimum Gasteiger partial charge on any atom is -0.454 e. The number of carbonyl (C=O) groups excluding carboxylic acids is 4. The van der Waals surface area contributed by atoms with E-state index in [0.29, 0.717) is 16.8 Å². The topological polar surface area (TPSA) is 105 Å². The van der Waals surface area contributed by atoms with E-state index < -0.39 is 17.9 Å². The molecule has 1 aromatic carbocycles. The molecule has 1 atom stereocenters. The van der Waals surface area contributed by atoms with Gasteiger partial charge in [-0.05, 0) is 38.8 Å². The van der Waals surface area contributed by atoms with Crippen molar-refractivity contribution in [2.45, 2.75) is 46.6 Å². The molecule has 7 heteroatoms. The number of amides is 1. The molecule has 1 unspecified atom stereocenters. The van der Waals surface area contributed by atoms with Gasteiger partial charge in [0.15, 0.2) is 11.9 Å². The standard InChI is InChI=1S/C22H26N2O5/c1-13-20(15(3)25)14(2)24-21(13)22(28)16(4)29-19(27)10-11-23-18(26)12-17-8-6-5-7-9-17/h5-9,16,24H,10-12H2,1-4H3,(H,23,26). The predicted octanol–water partition coefficient (Wildman–Crippen LogP) is 2.70. The molecule has 0 aliphatic carbocycles. The number of esters is 1. The highest BCUT2D eigenvalue weighted by atomic mass is 16.5. The molecule has 7 nitrogen and oxygen atoms in total. The zero-order valence-electron chi connectivity index (χ0n) is 17.1. The van der Waals surface area contributed by atoms with E-state index in [1.54, 1.807) is 13.8 Å². The monoisotopic (exact) mass is 398 g/mol. The lowest BCUT2D eigenvalue weighted by molar-refractivity contribution is -0.146. The number of hydrogen-bond acceptors (Lipinski definition) is 5. The summed E-state index contributed by atoms with van der Waals surface area (Å²) in [4.78, 5) is 51.1. The summed E-state index contributed by atoms with van der Waals surface area (Å²) in [5.74, 6) is -1.31. The number of aryl methyl sites for hydroxylation is 1. The number of Topliss-reactive ketones (excluding diaryl/α,β-unsaturated/α-hetero) is 2. The fraction of sp³-hybridized carbons (Fsp3) is 0.364. The van der Waals surface area contributed by atoms with Gasteiger partial charge in [-0.1, -0.05) is 30.3 Å². The zero-order valence-corrected chi connectivity index (χ0v) is 17.1. The second-order valence-corrected chi connectivity index (χ2v) is 6.94. The van der Waals surface area contributed by atoms with E-state index in [-0.39, 0.29) is 36.8 Å². The smallest absolute Gasteiger partial charge is 0.308 e. The van der Waals surface area contributed by atoms with Gasteiger partial charge in [0.05, 0.1) is 18.5 Å². The lowest BCUT2D eigenvalue weighted by Gasteiger charge is -2.12. The van der Waals surface area contributed by atoms with Gasteiger partial charge in [-0.3, -0.25) is 19.2 Å². The van der Waals surface area contributed by atoms with Crippen molar-refractivity contribution in [3.8, 4) is 0 Å². The van der Waals surface area contributed by atoms with Crippen LogP contribution in [0.4, 0.5) is 0 Å². The van der Waals surface area contributed by atoms with Gasteiger partial charge in [0.2, 0.25) is 11.7 Å². The van der Waals surface area contributed by atoms with Crippen LogP contribution in [0.2, 0.25) is 0 Å². The van der Waals surface area contributed by atoms with E-state index in [1.807, 2.05) is 30.3 Å². The first-order valence-electron chi connectivity index (χ1n) is 9.45. The normalized spacial score (nSPS) is 11.6. The van der Waals surface area contributed by atoms with E-state index in [4.69, 9.17) is 4.74 Å². The highest BCUT2D eigenvalue weighted by Crippen LogP contribution is 2.20. The average Bonchev–Trinajstić information content (AvgIpc) is 2.96. The molecule has 2 rings (SSSR count). The molecule has 0 radical (unpaired) electrons. The van der Waals surface area contributed by atoms with E-state index >= 15 is 0 Å². The van der Waals surface area contributed by atoms with Gasteiger partial charge in [0, 0.05) is 17.8 Å². The quantitative estimate of drug-likeness (QED) is 0.499. The predicted molar refractivity (Wildman–Crippen MR) is 108 cm³/mol. The number of aromatic amines is 1. The third-order valence-corrected chi connectivity index (χ3v) is 4.57. The summed E-state index contributed by atoms with van der Waals surface area (Å²) < 4.78 is 5.19. The Labute approximate surface area is 169 Å². The Morgan fingerprint density at radius 3 is 2.34 bits per heavy atom. The lowest BCUT2D eigenvalue weighted by atomic mass is 10.0. The molecule has 1 heterocycles. The molecule has 0 saturated carbocycles. The Balaban J connectivity index is 1.83. The van der Waals surface area contributed by atoms with Gasteiger partial charge in [0.25, 0.3) is 0 Å². The molecule has 0 bridgehead atoms. The summed E-state index contributed by atoms with van der Waals surface area (Å²) in [6.07, 6.45) is -0.812. The lowest BCUT2D eigenvalue weighted by Crippen LogP contribution is -2.30. The minimum absolute atomic E-state index is 0.0421. The van der Waals surface area contributed by atoms with Crippen LogP contribution in [0.1, 0.15) is 57.9 Å². The summed E-state index contributed by atoms with van der Waals surface area (Å²) in [5.41, 5.74) is 2.79. The van der Waals surface area contributed by atoms with E-state index in [9.17, 15) is 19.2 Å². The van der Waals surface area contributed by atoms with Crippen molar-refractivity contribution >= 4 is 23.4 Å². The van der Waals surface area contributed by atoms with Crippen molar-refractivity contribution in [1.82, 2.24) is 10.3 Å². The SMILES string of the molecule is CC(=O)c1c(C)[nH]c(C(=O)C(C)OC(=O)CCNC(=O)Cc2ccccc2)c1C. The summed E-state index contributed by atoms with van der Waals surface area (Å²) in [6.45, 7) is 6.45. The van der Waals surface area contributed by atoms with E-state index in [2.05, 4.69) is 10.3 Å². The number of H-pyrrole nitrogens is 1. The van der Waals surface area contributed by atoms with Crippen molar-refractivity contribution in [3.63, 3.8) is 0 Å². The Kier molecular flexibility index (Phi) is 7.47. The number of ketones is 2. The van der Waals surface area contributed by atoms with E-state index in [0.717, 1.165) is 5.56 Å². The Morgan fingerprint density at radius 2 is 1.76 bits per heavy atom. The number of ether oxygens (including phenoxy) is 1. The number of aromatic nitrogens is 1. The molecule has 29 heavy (non-hydrogen) atoms. The number of benzene rings is 1. The third kappa shape index (κ3) is 5.88. The van der Waals surface area contributed by atoms with Gasteiger partial charge < -0.3 is 15.0 Å². The van der Waals surface area contributed by atoms with Crippen LogP contribution < -0.4 is 5.32 Å². The molecule has 0 fully saturated rings. The average molecular weight is 398 g/mol. The summed E-state index contributed by atoms with van der Waals surface area (Å²) >= 11 is 0. The van der Waals surface area contributed by atoms with Crippen LogP contribution in [0, 0.1) is 13.8 Å². The molecular formula is C22H26N2O5. The summed E-state index contributed by atoms with van der Waals surface area (Å²) in [6, 6.07) is 9.28. The van der Waals surface area contributed by atoms with Crippen molar-refractivity contribution < 1.29 is 23.9 Å². The largest absolute Gasteiger partial charge is 0.454 e. The van der Waals surface area contributed by atoms with Gasteiger partial charge in [-0.15, -0.1) is 0 Å². The van der Waals surface area contributed by atoms with Crippen LogP contribution in [-0.4, -0.2) is 41.1 Å². The van der Waals surface area contributed by atoms with Gasteiger partial charge >= 0.3 is 5.97 Å². The number of carbonyl (C=O) groups is 4. The molecule has 0 aliphatic heterocycles. The van der Waals surface area contributed by atoms with Crippen molar-refractivity contribution in [3.05, 3.63) is 58.4 Å².